The zero-order valence-corrected chi connectivity index (χ0v) is 14.1. The van der Waals surface area contributed by atoms with Gasteiger partial charge in [0.1, 0.15) is 6.54 Å². The summed E-state index contributed by atoms with van der Waals surface area (Å²) in [5, 5.41) is 0.853. The lowest BCUT2D eigenvalue weighted by Gasteiger charge is -2.24. The number of benzene rings is 1. The van der Waals surface area contributed by atoms with Crippen LogP contribution in [0.4, 0.5) is 0 Å². The fraction of sp³-hybridized carbons (Fsp3) is 0.647. The van der Waals surface area contributed by atoms with E-state index in [1.165, 1.54) is 5.56 Å². The highest BCUT2D eigenvalue weighted by atomic mass is 35.5. The Morgan fingerprint density at radius 1 is 1.24 bits per heavy atom. The Balaban J connectivity index is 1.67. The van der Waals surface area contributed by atoms with Gasteiger partial charge in [0, 0.05) is 11.4 Å². The van der Waals surface area contributed by atoms with Crippen LogP contribution in [0.5, 0.6) is 0 Å². The van der Waals surface area contributed by atoms with Crippen molar-refractivity contribution in [2.45, 2.75) is 38.1 Å². The van der Waals surface area contributed by atoms with Gasteiger partial charge in [0.25, 0.3) is 0 Å². The fourth-order valence-corrected chi connectivity index (χ4v) is 2.71. The molecule has 2 rings (SSSR count). The third-order valence-electron chi connectivity index (χ3n) is 3.83. The maximum absolute atomic E-state index is 6.18. The summed E-state index contributed by atoms with van der Waals surface area (Å²) in [6.45, 7) is 1.76. The minimum Gasteiger partial charge on any atom is -0.349 e. The lowest BCUT2D eigenvalue weighted by molar-refractivity contribution is -0.871. The van der Waals surface area contributed by atoms with Crippen molar-refractivity contribution in [3.8, 4) is 0 Å². The van der Waals surface area contributed by atoms with Crippen molar-refractivity contribution in [3.63, 3.8) is 0 Å². The van der Waals surface area contributed by atoms with E-state index in [-0.39, 0.29) is 6.29 Å². The summed E-state index contributed by atoms with van der Waals surface area (Å²) in [4.78, 5) is 0. The van der Waals surface area contributed by atoms with Gasteiger partial charge in [0.2, 0.25) is 0 Å². The van der Waals surface area contributed by atoms with Crippen LogP contribution in [-0.4, -0.2) is 51.2 Å². The van der Waals surface area contributed by atoms with Crippen LogP contribution in [-0.2, 0) is 15.9 Å². The van der Waals surface area contributed by atoms with Crippen LogP contribution in [0.1, 0.15) is 24.8 Å². The lowest BCUT2D eigenvalue weighted by Crippen LogP contribution is -2.38. The highest BCUT2D eigenvalue weighted by Gasteiger charge is 2.26. The Morgan fingerprint density at radius 2 is 2.00 bits per heavy atom. The highest BCUT2D eigenvalue weighted by molar-refractivity contribution is 6.31. The van der Waals surface area contributed by atoms with Gasteiger partial charge in [0.15, 0.2) is 6.29 Å². The van der Waals surface area contributed by atoms with Crippen molar-refractivity contribution in [3.05, 3.63) is 34.9 Å². The molecule has 1 aromatic rings. The molecule has 21 heavy (non-hydrogen) atoms. The molecule has 2 atom stereocenters. The van der Waals surface area contributed by atoms with Gasteiger partial charge in [-0.05, 0) is 30.9 Å². The van der Waals surface area contributed by atoms with E-state index >= 15 is 0 Å². The van der Waals surface area contributed by atoms with Gasteiger partial charge in [-0.15, -0.1) is 0 Å². The molecule has 0 aromatic heterocycles. The van der Waals surface area contributed by atoms with Gasteiger partial charge in [-0.25, -0.2) is 0 Å². The van der Waals surface area contributed by atoms with Crippen LogP contribution in [0.25, 0.3) is 0 Å². The monoisotopic (exact) mass is 312 g/mol. The number of aryl methyl sites for hydroxylation is 1. The number of ether oxygens (including phenoxy) is 2. The van der Waals surface area contributed by atoms with Gasteiger partial charge in [-0.2, -0.15) is 0 Å². The second-order valence-corrected chi connectivity index (χ2v) is 7.19. The van der Waals surface area contributed by atoms with Crippen LogP contribution < -0.4 is 0 Å². The molecule has 0 saturated carbocycles. The third-order valence-corrected chi connectivity index (χ3v) is 4.20. The summed E-state index contributed by atoms with van der Waals surface area (Å²) in [6, 6.07) is 8.04. The maximum Gasteiger partial charge on any atom is 0.158 e. The first-order valence-electron chi connectivity index (χ1n) is 7.75. The summed E-state index contributed by atoms with van der Waals surface area (Å²) >= 11 is 6.18. The Kier molecular flexibility index (Phi) is 6.06. The fourth-order valence-electron chi connectivity index (χ4n) is 2.48. The van der Waals surface area contributed by atoms with Gasteiger partial charge in [-0.3, -0.25) is 0 Å². The van der Waals surface area contributed by atoms with E-state index in [0.717, 1.165) is 48.3 Å². The van der Waals surface area contributed by atoms with Crippen LogP contribution in [0.15, 0.2) is 24.3 Å². The van der Waals surface area contributed by atoms with E-state index in [0.29, 0.717) is 6.10 Å². The smallest absolute Gasteiger partial charge is 0.158 e. The first-order chi connectivity index (χ1) is 9.94. The van der Waals surface area contributed by atoms with E-state index < -0.39 is 0 Å². The van der Waals surface area contributed by atoms with Crippen molar-refractivity contribution < 1.29 is 14.0 Å². The minimum absolute atomic E-state index is 0.0206. The van der Waals surface area contributed by atoms with E-state index in [1.54, 1.807) is 0 Å². The van der Waals surface area contributed by atoms with Crippen LogP contribution in [0.3, 0.4) is 0 Å². The molecule has 3 nitrogen and oxygen atoms in total. The molecule has 1 aliphatic heterocycles. The standard InChI is InChI=1S/C17H27ClNO2/c1-19(2,3)12-13-20-17-11-10-15(21-17)9-8-14-6-4-5-7-16(14)18/h4-7,15,17H,8-13H2,1-3H3/q+1. The van der Waals surface area contributed by atoms with E-state index in [9.17, 15) is 0 Å². The molecule has 2 unspecified atom stereocenters. The molecule has 4 heteroatoms. The molecule has 0 bridgehead atoms. The molecule has 0 aliphatic carbocycles. The van der Waals surface area contributed by atoms with Crippen molar-refractivity contribution >= 4 is 11.6 Å². The van der Waals surface area contributed by atoms with E-state index in [4.69, 9.17) is 21.1 Å². The normalized spacial score (nSPS) is 22.7. The number of hydrogen-bond acceptors (Lipinski definition) is 2. The van der Waals surface area contributed by atoms with E-state index in [2.05, 4.69) is 27.2 Å². The molecule has 118 valence electrons. The molecule has 0 spiro atoms. The summed E-state index contributed by atoms with van der Waals surface area (Å²) in [5.74, 6) is 0. The summed E-state index contributed by atoms with van der Waals surface area (Å²) < 4.78 is 12.7. The maximum atomic E-state index is 6.18. The zero-order chi connectivity index (χ0) is 15.3. The molecule has 1 saturated heterocycles. The predicted molar refractivity (Wildman–Crippen MR) is 86.5 cm³/mol. The SMILES string of the molecule is C[N+](C)(C)CCOC1CCC(CCc2ccccc2Cl)O1. The molecule has 0 amide bonds. The number of nitrogens with zero attached hydrogens (tertiary/aromatic N) is 1. The quantitative estimate of drug-likeness (QED) is 0.717. The molecule has 0 N–H and O–H groups in total. The van der Waals surface area contributed by atoms with E-state index in [1.807, 2.05) is 18.2 Å². The van der Waals surface area contributed by atoms with Crippen LogP contribution in [0, 0.1) is 0 Å². The Bertz CT molecular complexity index is 445. The Hall–Kier alpha value is -0.610. The second kappa shape index (κ2) is 7.59. The highest BCUT2D eigenvalue weighted by Crippen LogP contribution is 2.25. The van der Waals surface area contributed by atoms with Gasteiger partial charge < -0.3 is 14.0 Å². The number of rotatable bonds is 7. The Morgan fingerprint density at radius 3 is 2.71 bits per heavy atom. The van der Waals surface area contributed by atoms with Crippen molar-refractivity contribution in [2.75, 3.05) is 34.3 Å². The van der Waals surface area contributed by atoms with Crippen LogP contribution >= 0.6 is 11.6 Å². The number of halogens is 1. The molecule has 1 fully saturated rings. The first-order valence-corrected chi connectivity index (χ1v) is 8.13. The molecular weight excluding hydrogens is 286 g/mol. The summed E-state index contributed by atoms with van der Waals surface area (Å²) in [7, 11) is 6.52. The molecular formula is C17H27ClNO2+. The van der Waals surface area contributed by atoms with Crippen molar-refractivity contribution in [2.24, 2.45) is 0 Å². The van der Waals surface area contributed by atoms with Crippen LogP contribution in [0.2, 0.25) is 5.02 Å². The summed E-state index contributed by atoms with van der Waals surface area (Å²) in [6.07, 6.45) is 4.35. The topological polar surface area (TPSA) is 18.5 Å². The second-order valence-electron chi connectivity index (χ2n) is 6.78. The Labute approximate surface area is 133 Å². The summed E-state index contributed by atoms with van der Waals surface area (Å²) in [5.41, 5.74) is 1.21. The molecule has 1 aromatic carbocycles. The third kappa shape index (κ3) is 5.95. The number of quaternary nitrogens is 1. The predicted octanol–water partition coefficient (Wildman–Crippen LogP) is 3.50. The van der Waals surface area contributed by atoms with Crippen molar-refractivity contribution in [1.29, 1.82) is 0 Å². The molecule has 1 heterocycles. The average Bonchev–Trinajstić information content (AvgIpc) is 2.84. The van der Waals surface area contributed by atoms with Gasteiger partial charge in [0.05, 0.1) is 33.9 Å². The minimum atomic E-state index is -0.0206. The molecule has 1 aliphatic rings. The van der Waals surface area contributed by atoms with Crippen molar-refractivity contribution in [1.82, 2.24) is 0 Å². The first kappa shape index (κ1) is 16.8. The average molecular weight is 313 g/mol. The van der Waals surface area contributed by atoms with Gasteiger partial charge in [-0.1, -0.05) is 29.8 Å². The number of hydrogen-bond donors (Lipinski definition) is 0. The molecule has 0 radical (unpaired) electrons. The number of likely N-dealkylation sites (N-methyl/N-ethyl adjacent to an activating group) is 1. The van der Waals surface area contributed by atoms with Gasteiger partial charge >= 0.3 is 0 Å². The lowest BCUT2D eigenvalue weighted by atomic mass is 10.1. The zero-order valence-electron chi connectivity index (χ0n) is 13.3. The largest absolute Gasteiger partial charge is 0.349 e.